The highest BCUT2D eigenvalue weighted by molar-refractivity contribution is 5.27. The van der Waals surface area contributed by atoms with Crippen molar-refractivity contribution in [2.75, 3.05) is 19.8 Å². The molecule has 0 aromatic carbocycles. The second-order valence-corrected chi connectivity index (χ2v) is 10.3. The Hall–Kier alpha value is -1.06. The first-order valence-corrected chi connectivity index (χ1v) is 11.7. The first-order chi connectivity index (χ1) is 13.7. The van der Waals surface area contributed by atoms with Gasteiger partial charge in [0, 0.05) is 12.0 Å². The molecule has 0 unspecified atom stereocenters. The molecular formula is C25H37NO2. The van der Waals surface area contributed by atoms with E-state index in [0.717, 1.165) is 24.4 Å². The minimum atomic E-state index is 0.284. The Bertz CT molecular complexity index is 710. The van der Waals surface area contributed by atoms with Crippen LogP contribution in [-0.4, -0.2) is 19.8 Å². The number of hydrogen-bond donors (Lipinski definition) is 1. The lowest BCUT2D eigenvalue weighted by Crippen LogP contribution is -2.52. The van der Waals surface area contributed by atoms with Gasteiger partial charge in [0.15, 0.2) is 0 Å². The fourth-order valence-electron chi connectivity index (χ4n) is 8.16. The van der Waals surface area contributed by atoms with Gasteiger partial charge in [0.25, 0.3) is 0 Å². The highest BCUT2D eigenvalue weighted by Gasteiger charge is 2.60. The summed E-state index contributed by atoms with van der Waals surface area (Å²) in [7, 11) is 0. The lowest BCUT2D eigenvalue weighted by Gasteiger charge is -2.59. The van der Waals surface area contributed by atoms with Crippen molar-refractivity contribution < 1.29 is 9.15 Å². The number of furan rings is 1. The Morgan fingerprint density at radius 2 is 2.11 bits per heavy atom. The van der Waals surface area contributed by atoms with Crippen LogP contribution >= 0.6 is 0 Å². The first-order valence-electron chi connectivity index (χ1n) is 11.7. The maximum absolute atomic E-state index is 6.20. The number of nitrogens with two attached hydrogens (primary N) is 1. The molecule has 6 atom stereocenters. The standard InChI is InChI=1S/C25H37NO2/c1-24-11-3-2-4-19(24)5-6-20-22(24)9-12-25(17-28-15-13-26)21(7-8-23(20)25)18-10-14-27-16-18/h4,10,14,16,20-23H,2-3,5-9,11-13,15,17,26H2,1H3/t20-,21+,22+,23+,24+,25+/m1/s1. The molecule has 1 aromatic heterocycles. The van der Waals surface area contributed by atoms with Gasteiger partial charge in [-0.05, 0) is 98.5 Å². The maximum atomic E-state index is 6.20. The van der Waals surface area contributed by atoms with Crippen molar-refractivity contribution >= 4 is 0 Å². The van der Waals surface area contributed by atoms with Crippen LogP contribution in [0, 0.1) is 28.6 Å². The molecule has 4 aliphatic carbocycles. The van der Waals surface area contributed by atoms with E-state index in [1.165, 1.54) is 63.4 Å². The number of ether oxygens (including phenoxy) is 1. The Labute approximate surface area is 170 Å². The lowest BCUT2D eigenvalue weighted by atomic mass is 9.46. The van der Waals surface area contributed by atoms with E-state index >= 15 is 0 Å². The van der Waals surface area contributed by atoms with Gasteiger partial charge >= 0.3 is 0 Å². The van der Waals surface area contributed by atoms with Crippen molar-refractivity contribution in [3.05, 3.63) is 35.8 Å². The van der Waals surface area contributed by atoms with Gasteiger partial charge in [0.2, 0.25) is 0 Å². The van der Waals surface area contributed by atoms with Crippen molar-refractivity contribution in [2.45, 2.75) is 70.6 Å². The predicted octanol–water partition coefficient (Wildman–Crippen LogP) is 5.67. The van der Waals surface area contributed by atoms with Crippen LogP contribution in [0.15, 0.2) is 34.7 Å². The zero-order valence-electron chi connectivity index (χ0n) is 17.5. The van der Waals surface area contributed by atoms with Crippen LogP contribution in [-0.2, 0) is 4.74 Å². The van der Waals surface area contributed by atoms with Gasteiger partial charge < -0.3 is 14.9 Å². The van der Waals surface area contributed by atoms with Gasteiger partial charge in [-0.3, -0.25) is 0 Å². The second-order valence-electron chi connectivity index (χ2n) is 10.3. The third-order valence-electron chi connectivity index (χ3n) is 9.32. The summed E-state index contributed by atoms with van der Waals surface area (Å²) in [5.41, 5.74) is 9.72. The molecule has 4 aliphatic rings. The predicted molar refractivity (Wildman–Crippen MR) is 112 cm³/mol. The Kier molecular flexibility index (Phi) is 4.95. The van der Waals surface area contributed by atoms with Crippen LogP contribution in [0.3, 0.4) is 0 Å². The Morgan fingerprint density at radius 3 is 2.93 bits per heavy atom. The number of allylic oxidation sites excluding steroid dienone is 2. The number of rotatable bonds is 5. The zero-order valence-corrected chi connectivity index (χ0v) is 17.5. The smallest absolute Gasteiger partial charge is 0.0937 e. The largest absolute Gasteiger partial charge is 0.472 e. The van der Waals surface area contributed by atoms with Crippen molar-refractivity contribution in [1.82, 2.24) is 0 Å². The zero-order chi connectivity index (χ0) is 19.2. The average molecular weight is 384 g/mol. The average Bonchev–Trinajstić information content (AvgIpc) is 3.35. The van der Waals surface area contributed by atoms with Crippen molar-refractivity contribution in [2.24, 2.45) is 34.3 Å². The molecule has 1 aromatic rings. The Morgan fingerprint density at radius 1 is 1.18 bits per heavy atom. The quantitative estimate of drug-likeness (QED) is 0.526. The second kappa shape index (κ2) is 7.32. The summed E-state index contributed by atoms with van der Waals surface area (Å²) in [6.07, 6.45) is 18.6. The monoisotopic (exact) mass is 383 g/mol. The van der Waals surface area contributed by atoms with Crippen LogP contribution in [0.5, 0.6) is 0 Å². The van der Waals surface area contributed by atoms with Gasteiger partial charge in [0.05, 0.1) is 25.7 Å². The molecule has 0 radical (unpaired) electrons. The molecule has 3 nitrogen and oxygen atoms in total. The van der Waals surface area contributed by atoms with Crippen LogP contribution in [0.1, 0.15) is 76.2 Å². The molecule has 0 amide bonds. The van der Waals surface area contributed by atoms with Gasteiger partial charge in [0.1, 0.15) is 0 Å². The summed E-state index contributed by atoms with van der Waals surface area (Å²) in [6, 6.07) is 2.20. The first kappa shape index (κ1) is 18.9. The van der Waals surface area contributed by atoms with E-state index in [-0.39, 0.29) is 5.41 Å². The molecule has 0 saturated heterocycles. The molecule has 5 rings (SSSR count). The summed E-state index contributed by atoms with van der Waals surface area (Å²) >= 11 is 0. The highest BCUT2D eigenvalue weighted by atomic mass is 16.5. The molecule has 28 heavy (non-hydrogen) atoms. The van der Waals surface area contributed by atoms with E-state index in [1.54, 1.807) is 5.57 Å². The van der Waals surface area contributed by atoms with Gasteiger partial charge in [-0.2, -0.15) is 0 Å². The molecular weight excluding hydrogens is 346 g/mol. The van der Waals surface area contributed by atoms with Gasteiger partial charge in [-0.15, -0.1) is 0 Å². The van der Waals surface area contributed by atoms with Crippen LogP contribution in [0.2, 0.25) is 0 Å². The fourth-order valence-corrected chi connectivity index (χ4v) is 8.16. The van der Waals surface area contributed by atoms with Crippen LogP contribution in [0.25, 0.3) is 0 Å². The molecule has 0 aliphatic heterocycles. The van der Waals surface area contributed by atoms with Crippen LogP contribution in [0.4, 0.5) is 0 Å². The van der Waals surface area contributed by atoms with Crippen LogP contribution < -0.4 is 5.73 Å². The third kappa shape index (κ3) is 2.76. The molecule has 0 spiro atoms. The van der Waals surface area contributed by atoms with Gasteiger partial charge in [-0.25, -0.2) is 0 Å². The van der Waals surface area contributed by atoms with E-state index in [2.05, 4.69) is 19.1 Å². The lowest BCUT2D eigenvalue weighted by molar-refractivity contribution is -0.0869. The minimum absolute atomic E-state index is 0.284. The molecule has 3 heteroatoms. The third-order valence-corrected chi connectivity index (χ3v) is 9.32. The topological polar surface area (TPSA) is 48.4 Å². The summed E-state index contributed by atoms with van der Waals surface area (Å²) in [5, 5.41) is 0. The molecule has 1 heterocycles. The van der Waals surface area contributed by atoms with E-state index in [4.69, 9.17) is 14.9 Å². The normalized spacial score (nSPS) is 42.4. The summed E-state index contributed by atoms with van der Waals surface area (Å²) in [6.45, 7) is 4.79. The van der Waals surface area contributed by atoms with Crippen molar-refractivity contribution in [3.63, 3.8) is 0 Å². The van der Waals surface area contributed by atoms with Crippen molar-refractivity contribution in [3.8, 4) is 0 Å². The summed E-state index contributed by atoms with van der Waals surface area (Å²) in [4.78, 5) is 0. The number of hydrogen-bond acceptors (Lipinski definition) is 3. The summed E-state index contributed by atoms with van der Waals surface area (Å²) in [5.74, 6) is 3.13. The molecule has 154 valence electrons. The molecule has 3 saturated carbocycles. The molecule has 2 N–H and O–H groups in total. The van der Waals surface area contributed by atoms with Crippen molar-refractivity contribution in [1.29, 1.82) is 0 Å². The number of fused-ring (bicyclic) bond motifs is 5. The highest BCUT2D eigenvalue weighted by Crippen LogP contribution is 2.68. The maximum Gasteiger partial charge on any atom is 0.0937 e. The van der Waals surface area contributed by atoms with E-state index in [1.807, 2.05) is 12.5 Å². The van der Waals surface area contributed by atoms with Gasteiger partial charge in [-0.1, -0.05) is 18.6 Å². The molecule has 0 bridgehead atoms. The summed E-state index contributed by atoms with van der Waals surface area (Å²) < 4.78 is 11.7. The SMILES string of the molecule is C[C@]12CCCC=C1CC[C@H]1[C@@H]3CC[C@@H](c4ccoc4)[C@@]3(COCCN)CC[C@@H]12. The molecule has 3 fully saturated rings. The van der Waals surface area contributed by atoms with E-state index in [0.29, 0.717) is 24.5 Å². The van der Waals surface area contributed by atoms with E-state index in [9.17, 15) is 0 Å². The Balaban J connectivity index is 1.47. The fraction of sp³-hybridized carbons (Fsp3) is 0.760. The minimum Gasteiger partial charge on any atom is -0.472 e. The van der Waals surface area contributed by atoms with E-state index < -0.39 is 0 Å².